The summed E-state index contributed by atoms with van der Waals surface area (Å²) in [6, 6.07) is 0. The van der Waals surface area contributed by atoms with Crippen molar-refractivity contribution in [1.82, 2.24) is 0 Å². The number of aliphatic carboxylic acids is 1. The fraction of sp³-hybridized carbons (Fsp3) is 0.571. The van der Waals surface area contributed by atoms with Crippen LogP contribution in [0, 0.1) is 11.8 Å². The van der Waals surface area contributed by atoms with Crippen molar-refractivity contribution in [3.05, 3.63) is 0 Å². The summed E-state index contributed by atoms with van der Waals surface area (Å²) < 4.78 is 4.92. The van der Waals surface area contributed by atoms with Crippen molar-refractivity contribution >= 4 is 5.97 Å². The smallest absolute Gasteiger partial charge is 0.381 e. The molecular weight excluding hydrogens is 132 g/mol. The monoisotopic (exact) mass is 142 g/mol. The van der Waals surface area contributed by atoms with E-state index in [2.05, 4.69) is 5.92 Å². The normalized spacial score (nSPS) is 8.10. The minimum atomic E-state index is -1.09. The molecule has 0 aromatic heterocycles. The van der Waals surface area contributed by atoms with Gasteiger partial charge in [-0.2, -0.15) is 0 Å². The summed E-state index contributed by atoms with van der Waals surface area (Å²) in [5, 5.41) is 8.06. The van der Waals surface area contributed by atoms with Crippen LogP contribution in [0.3, 0.4) is 0 Å². The van der Waals surface area contributed by atoms with Gasteiger partial charge in [-0.25, -0.2) is 4.79 Å². The molecule has 0 spiro atoms. The van der Waals surface area contributed by atoms with Gasteiger partial charge in [-0.15, -0.1) is 0 Å². The van der Waals surface area contributed by atoms with E-state index in [0.717, 1.165) is 0 Å². The molecule has 0 aliphatic heterocycles. The van der Waals surface area contributed by atoms with Gasteiger partial charge in [0.2, 0.25) is 0 Å². The van der Waals surface area contributed by atoms with E-state index >= 15 is 0 Å². The van der Waals surface area contributed by atoms with Crippen LogP contribution in [0.25, 0.3) is 0 Å². The molecule has 0 aliphatic rings. The van der Waals surface area contributed by atoms with E-state index in [0.29, 0.717) is 19.6 Å². The molecule has 0 aromatic carbocycles. The summed E-state index contributed by atoms with van der Waals surface area (Å²) >= 11 is 0. The average Bonchev–Trinajstić information content (AvgIpc) is 1.87. The third-order valence-electron chi connectivity index (χ3n) is 0.771. The first-order valence-electron chi connectivity index (χ1n) is 3.07. The molecule has 10 heavy (non-hydrogen) atoms. The maximum atomic E-state index is 9.82. The van der Waals surface area contributed by atoms with E-state index in [1.165, 1.54) is 0 Å². The Labute approximate surface area is 60.0 Å². The molecule has 56 valence electrons. The number of hydrogen-bond donors (Lipinski definition) is 1. The van der Waals surface area contributed by atoms with Crippen LogP contribution < -0.4 is 0 Å². The summed E-state index contributed by atoms with van der Waals surface area (Å²) in [6.07, 6.45) is 0.486. The standard InChI is InChI=1S/C7H10O3/c1-2-10-6-4-3-5-7(8)9/h2,4,6H2,1H3,(H,8,9). The van der Waals surface area contributed by atoms with E-state index in [1.54, 1.807) is 0 Å². The Kier molecular flexibility index (Phi) is 5.50. The highest BCUT2D eigenvalue weighted by molar-refractivity contribution is 5.86. The lowest BCUT2D eigenvalue weighted by molar-refractivity contribution is -0.130. The highest BCUT2D eigenvalue weighted by Gasteiger charge is 1.82. The van der Waals surface area contributed by atoms with Gasteiger partial charge in [-0.3, -0.25) is 0 Å². The van der Waals surface area contributed by atoms with Crippen LogP contribution in [0.5, 0.6) is 0 Å². The summed E-state index contributed by atoms with van der Waals surface area (Å²) in [6.45, 7) is 3.04. The van der Waals surface area contributed by atoms with Crippen molar-refractivity contribution in [2.45, 2.75) is 13.3 Å². The van der Waals surface area contributed by atoms with Crippen molar-refractivity contribution in [1.29, 1.82) is 0 Å². The first kappa shape index (κ1) is 8.99. The quantitative estimate of drug-likeness (QED) is 0.461. The minimum Gasteiger partial charge on any atom is -0.472 e. The van der Waals surface area contributed by atoms with Crippen molar-refractivity contribution in [3.8, 4) is 11.8 Å². The number of ether oxygens (including phenoxy) is 1. The molecule has 0 rings (SSSR count). The molecule has 0 heterocycles. The minimum absolute atomic E-state index is 0.486. The molecule has 0 bridgehead atoms. The molecule has 0 unspecified atom stereocenters. The molecular formula is C7H10O3. The van der Waals surface area contributed by atoms with Crippen LogP contribution in [0.2, 0.25) is 0 Å². The molecule has 0 saturated heterocycles. The van der Waals surface area contributed by atoms with Crippen molar-refractivity contribution in [2.75, 3.05) is 13.2 Å². The van der Waals surface area contributed by atoms with Crippen LogP contribution in [0.15, 0.2) is 0 Å². The largest absolute Gasteiger partial charge is 0.472 e. The summed E-state index contributed by atoms with van der Waals surface area (Å²) in [5.74, 6) is 3.35. The van der Waals surface area contributed by atoms with Crippen molar-refractivity contribution in [2.24, 2.45) is 0 Å². The third kappa shape index (κ3) is 6.99. The molecule has 3 heteroatoms. The lowest BCUT2D eigenvalue weighted by Crippen LogP contribution is -1.92. The van der Waals surface area contributed by atoms with Crippen LogP contribution in [0.1, 0.15) is 13.3 Å². The number of carboxylic acids is 1. The number of carboxylic acid groups (broad SMARTS) is 1. The average molecular weight is 142 g/mol. The van der Waals surface area contributed by atoms with Gasteiger partial charge in [0.15, 0.2) is 0 Å². The molecule has 0 radical (unpaired) electrons. The lowest BCUT2D eigenvalue weighted by Gasteiger charge is -1.91. The first-order chi connectivity index (χ1) is 4.77. The molecule has 1 N–H and O–H groups in total. The van der Waals surface area contributed by atoms with Crippen molar-refractivity contribution < 1.29 is 14.6 Å². The molecule has 0 aliphatic carbocycles. The molecule has 0 amide bonds. The lowest BCUT2D eigenvalue weighted by atomic mass is 10.4. The Morgan fingerprint density at radius 3 is 2.90 bits per heavy atom. The zero-order chi connectivity index (χ0) is 7.82. The maximum Gasteiger partial charge on any atom is 0.381 e. The Balaban J connectivity index is 3.20. The van der Waals surface area contributed by atoms with Crippen LogP contribution in [-0.2, 0) is 9.53 Å². The van der Waals surface area contributed by atoms with Gasteiger partial charge in [-0.1, -0.05) is 5.92 Å². The van der Waals surface area contributed by atoms with Crippen molar-refractivity contribution in [3.63, 3.8) is 0 Å². The summed E-state index contributed by atoms with van der Waals surface area (Å²) in [4.78, 5) is 9.82. The number of carbonyl (C=O) groups is 1. The predicted octanol–water partition coefficient (Wildman–Crippen LogP) is 0.501. The second kappa shape index (κ2) is 6.12. The second-order valence-corrected chi connectivity index (χ2v) is 1.55. The maximum absolute atomic E-state index is 9.82. The number of rotatable bonds is 3. The van der Waals surface area contributed by atoms with Gasteiger partial charge in [0.25, 0.3) is 0 Å². The van der Waals surface area contributed by atoms with Gasteiger partial charge in [-0.05, 0) is 6.92 Å². The topological polar surface area (TPSA) is 46.5 Å². The van der Waals surface area contributed by atoms with E-state index in [1.807, 2.05) is 12.8 Å². The Hall–Kier alpha value is -1.01. The first-order valence-corrected chi connectivity index (χ1v) is 3.07. The van der Waals surface area contributed by atoms with Gasteiger partial charge < -0.3 is 9.84 Å². The highest BCUT2D eigenvalue weighted by atomic mass is 16.5. The van der Waals surface area contributed by atoms with Crippen LogP contribution in [0.4, 0.5) is 0 Å². The van der Waals surface area contributed by atoms with Crippen LogP contribution in [-0.4, -0.2) is 24.3 Å². The molecule has 0 fully saturated rings. The van der Waals surface area contributed by atoms with Gasteiger partial charge >= 0.3 is 5.97 Å². The van der Waals surface area contributed by atoms with Crippen LogP contribution >= 0.6 is 0 Å². The molecule has 0 saturated carbocycles. The Morgan fingerprint density at radius 1 is 1.70 bits per heavy atom. The zero-order valence-electron chi connectivity index (χ0n) is 5.89. The fourth-order valence-corrected chi connectivity index (χ4v) is 0.406. The van der Waals surface area contributed by atoms with Gasteiger partial charge in [0, 0.05) is 18.9 Å². The van der Waals surface area contributed by atoms with E-state index < -0.39 is 5.97 Å². The summed E-state index contributed by atoms with van der Waals surface area (Å²) in [7, 11) is 0. The molecule has 0 aromatic rings. The SMILES string of the molecule is CCOCCC#CC(=O)O. The molecule has 0 atom stereocenters. The summed E-state index contributed by atoms with van der Waals surface area (Å²) in [5.41, 5.74) is 0. The van der Waals surface area contributed by atoms with E-state index in [9.17, 15) is 4.79 Å². The fourth-order valence-electron chi connectivity index (χ4n) is 0.406. The predicted molar refractivity (Wildman–Crippen MR) is 36.5 cm³/mol. The van der Waals surface area contributed by atoms with Gasteiger partial charge in [0.05, 0.1) is 6.61 Å². The third-order valence-corrected chi connectivity index (χ3v) is 0.771. The Morgan fingerprint density at radius 2 is 2.40 bits per heavy atom. The zero-order valence-corrected chi connectivity index (χ0v) is 5.89. The van der Waals surface area contributed by atoms with E-state index in [4.69, 9.17) is 9.84 Å². The van der Waals surface area contributed by atoms with E-state index in [-0.39, 0.29) is 0 Å². The second-order valence-electron chi connectivity index (χ2n) is 1.55. The van der Waals surface area contributed by atoms with Gasteiger partial charge in [0.1, 0.15) is 0 Å². The number of hydrogen-bond acceptors (Lipinski definition) is 2. The Bertz CT molecular complexity index is 152. The highest BCUT2D eigenvalue weighted by Crippen LogP contribution is 1.78. The molecule has 3 nitrogen and oxygen atoms in total.